The molecule has 0 aromatic rings. The second-order valence-electron chi connectivity index (χ2n) is 12.7. The molecule has 0 spiro atoms. The molecule has 10 heteroatoms. The topological polar surface area (TPSA) is 93.1 Å². The minimum Gasteiger partial charge on any atom is -0.390 e. The lowest BCUT2D eigenvalue weighted by Crippen LogP contribution is -2.73. The van der Waals surface area contributed by atoms with Gasteiger partial charge in [-0.3, -0.25) is 9.59 Å². The molecule has 2 N–H and O–H groups in total. The number of aliphatic hydroxyl groups excluding tert-OH is 2. The predicted octanol–water partition coefficient (Wildman–Crippen LogP) is 3.39. The van der Waals surface area contributed by atoms with Crippen molar-refractivity contribution >= 4 is 11.6 Å². The van der Waals surface area contributed by atoms with Crippen molar-refractivity contribution in [2.75, 3.05) is 6.61 Å². The first kappa shape index (κ1) is 25.6. The highest BCUT2D eigenvalue weighted by Crippen LogP contribution is 2.77. The summed E-state index contributed by atoms with van der Waals surface area (Å²) in [7, 11) is 0. The number of carbonyl (C=O) groups is 2. The third-order valence-corrected chi connectivity index (χ3v) is 11.2. The molecule has 0 aromatic carbocycles. The Bertz CT molecular complexity index is 1130. The maximum Gasteiger partial charge on any atom is 0.249 e. The van der Waals surface area contributed by atoms with Crippen molar-refractivity contribution in [1.29, 1.82) is 0 Å². The van der Waals surface area contributed by atoms with E-state index in [1.54, 1.807) is 13.8 Å². The van der Waals surface area contributed by atoms with Gasteiger partial charge in [0.2, 0.25) is 5.92 Å². The quantitative estimate of drug-likeness (QED) is 0.546. The first-order valence-corrected chi connectivity index (χ1v) is 12.9. The molecule has 0 amide bonds. The lowest BCUT2D eigenvalue weighted by molar-refractivity contribution is -0.274. The number of hydrogen-bond acceptors (Lipinski definition) is 6. The van der Waals surface area contributed by atoms with Gasteiger partial charge in [-0.25, -0.2) is 17.6 Å². The van der Waals surface area contributed by atoms with E-state index in [1.807, 2.05) is 0 Å². The molecule has 5 aliphatic carbocycles. The predicted molar refractivity (Wildman–Crippen MR) is 121 cm³/mol. The number of alkyl halides is 4. The van der Waals surface area contributed by atoms with Crippen LogP contribution in [0.2, 0.25) is 0 Å². The largest absolute Gasteiger partial charge is 0.390 e. The van der Waals surface area contributed by atoms with Gasteiger partial charge in [0.25, 0.3) is 0 Å². The number of Topliss-reactive ketones (excluding diaryl/α,β-unsaturated/α-hetero) is 1. The van der Waals surface area contributed by atoms with Gasteiger partial charge in [0, 0.05) is 35.5 Å². The number of ketones is 2. The summed E-state index contributed by atoms with van der Waals surface area (Å²) in [6.45, 7) is 3.98. The van der Waals surface area contributed by atoms with Gasteiger partial charge in [-0.1, -0.05) is 19.9 Å². The van der Waals surface area contributed by atoms with Crippen LogP contribution in [0.5, 0.6) is 0 Å². The minimum atomic E-state index is -2.84. The SMILES string of the molecule is C[C@]12C[C@H](O)[C@@]3(F)[C@@H](C[C@H](F)C4=CC(=O)C=C[C@@]43C)[C@]1(C)C[C@H]1O[C@@H](C3CC(F)(F)C3)O[C@]12C(=O)CO. The normalized spacial score (nSPS) is 54.0. The van der Waals surface area contributed by atoms with Crippen molar-refractivity contribution in [3.8, 4) is 0 Å². The van der Waals surface area contributed by atoms with Crippen LogP contribution in [-0.4, -0.2) is 70.2 Å². The number of hydrogen-bond donors (Lipinski definition) is 2. The summed E-state index contributed by atoms with van der Waals surface area (Å²) in [4.78, 5) is 25.5. The third-order valence-electron chi connectivity index (χ3n) is 11.2. The van der Waals surface area contributed by atoms with Crippen molar-refractivity contribution in [1.82, 2.24) is 0 Å². The van der Waals surface area contributed by atoms with E-state index in [0.29, 0.717) is 0 Å². The zero-order chi connectivity index (χ0) is 27.0. The molecule has 37 heavy (non-hydrogen) atoms. The Balaban J connectivity index is 1.45. The van der Waals surface area contributed by atoms with Crippen LogP contribution >= 0.6 is 0 Å². The Kier molecular flexibility index (Phi) is 5.07. The van der Waals surface area contributed by atoms with Crippen molar-refractivity contribution < 1.29 is 46.8 Å². The Morgan fingerprint density at radius 1 is 1.14 bits per heavy atom. The monoisotopic (exact) mass is 528 g/mol. The molecule has 6 nitrogen and oxygen atoms in total. The zero-order valence-electron chi connectivity index (χ0n) is 21.0. The summed E-state index contributed by atoms with van der Waals surface area (Å²) < 4.78 is 72.8. The third kappa shape index (κ3) is 2.76. The number of ether oxygens (including phenoxy) is 2. The molecule has 0 aromatic heterocycles. The molecule has 1 heterocycles. The maximum absolute atomic E-state index is 17.5. The maximum atomic E-state index is 17.5. The number of halogens is 4. The summed E-state index contributed by atoms with van der Waals surface area (Å²) in [5.74, 6) is -5.76. The van der Waals surface area contributed by atoms with Gasteiger partial charge in [-0.15, -0.1) is 0 Å². The Morgan fingerprint density at radius 3 is 2.43 bits per heavy atom. The van der Waals surface area contributed by atoms with Crippen LogP contribution in [0.25, 0.3) is 0 Å². The van der Waals surface area contributed by atoms with E-state index in [1.165, 1.54) is 19.1 Å². The molecule has 4 saturated carbocycles. The van der Waals surface area contributed by atoms with Gasteiger partial charge in [0.1, 0.15) is 12.8 Å². The number of fused-ring (bicyclic) bond motifs is 7. The fraction of sp³-hybridized carbons (Fsp3) is 0.778. The first-order valence-electron chi connectivity index (χ1n) is 12.9. The van der Waals surface area contributed by atoms with Crippen molar-refractivity contribution in [3.63, 3.8) is 0 Å². The average Bonchev–Trinajstić information content (AvgIpc) is 3.26. The highest BCUT2D eigenvalue weighted by Gasteiger charge is 2.84. The van der Waals surface area contributed by atoms with Gasteiger partial charge < -0.3 is 19.7 Å². The zero-order valence-corrected chi connectivity index (χ0v) is 21.0. The van der Waals surface area contributed by atoms with Crippen molar-refractivity contribution in [2.24, 2.45) is 28.1 Å². The first-order chi connectivity index (χ1) is 17.1. The highest BCUT2D eigenvalue weighted by molar-refractivity contribution is 6.01. The van der Waals surface area contributed by atoms with Gasteiger partial charge >= 0.3 is 0 Å². The summed E-state index contributed by atoms with van der Waals surface area (Å²) in [6.07, 6.45) is -3.23. The van der Waals surface area contributed by atoms with E-state index in [9.17, 15) is 28.6 Å². The summed E-state index contributed by atoms with van der Waals surface area (Å²) in [5.41, 5.74) is -8.24. The fourth-order valence-corrected chi connectivity index (χ4v) is 9.11. The molecule has 0 bridgehead atoms. The number of allylic oxidation sites excluding steroid dienone is 4. The molecule has 0 unspecified atom stereocenters. The van der Waals surface area contributed by atoms with Crippen LogP contribution in [0.1, 0.15) is 52.9 Å². The van der Waals surface area contributed by atoms with Crippen LogP contribution in [0.15, 0.2) is 23.8 Å². The molecule has 6 aliphatic rings. The number of carbonyl (C=O) groups excluding carboxylic acids is 2. The fourth-order valence-electron chi connectivity index (χ4n) is 9.11. The van der Waals surface area contributed by atoms with E-state index in [4.69, 9.17) is 9.47 Å². The van der Waals surface area contributed by atoms with Crippen LogP contribution in [-0.2, 0) is 19.1 Å². The van der Waals surface area contributed by atoms with Crippen LogP contribution in [0.3, 0.4) is 0 Å². The van der Waals surface area contributed by atoms with E-state index >= 15 is 8.78 Å². The molecular weight excluding hydrogens is 496 g/mol. The van der Waals surface area contributed by atoms with Crippen LogP contribution in [0.4, 0.5) is 17.6 Å². The Labute approximate surface area is 212 Å². The summed E-state index contributed by atoms with van der Waals surface area (Å²) in [5, 5.41) is 21.5. The van der Waals surface area contributed by atoms with E-state index in [0.717, 1.165) is 6.08 Å². The minimum absolute atomic E-state index is 0.0113. The lowest BCUT2D eigenvalue weighted by atomic mass is 9.39. The van der Waals surface area contributed by atoms with Gasteiger partial charge in [-0.05, 0) is 49.3 Å². The molecule has 204 valence electrons. The average molecular weight is 529 g/mol. The Hall–Kier alpha value is -1.62. The number of rotatable bonds is 3. The molecular formula is C27H32F4O6. The molecule has 10 atom stereocenters. The number of aliphatic hydroxyl groups is 2. The van der Waals surface area contributed by atoms with Gasteiger partial charge in [-0.2, -0.15) is 0 Å². The molecule has 6 rings (SSSR count). The highest BCUT2D eigenvalue weighted by atomic mass is 19.3. The lowest BCUT2D eigenvalue weighted by Gasteiger charge is -2.67. The molecule has 1 saturated heterocycles. The summed E-state index contributed by atoms with van der Waals surface area (Å²) in [6, 6.07) is 0. The van der Waals surface area contributed by atoms with Crippen LogP contribution < -0.4 is 0 Å². The summed E-state index contributed by atoms with van der Waals surface area (Å²) >= 11 is 0. The van der Waals surface area contributed by atoms with Gasteiger partial charge in [0.15, 0.2) is 29.1 Å². The Morgan fingerprint density at radius 2 is 1.81 bits per heavy atom. The van der Waals surface area contributed by atoms with E-state index < -0.39 is 101 Å². The smallest absolute Gasteiger partial charge is 0.249 e. The van der Waals surface area contributed by atoms with E-state index in [-0.39, 0.29) is 24.8 Å². The van der Waals surface area contributed by atoms with Crippen molar-refractivity contribution in [3.05, 3.63) is 23.8 Å². The molecule has 1 aliphatic heterocycles. The molecule has 5 fully saturated rings. The van der Waals surface area contributed by atoms with Crippen molar-refractivity contribution in [2.45, 2.75) is 94.7 Å². The molecule has 0 radical (unpaired) electrons. The van der Waals surface area contributed by atoms with Gasteiger partial charge in [0.05, 0.1) is 12.2 Å². The standard InChI is InChI=1S/C27H32F4O6/c1-22-5-4-14(33)6-15(22)16(28)7-17-23(2)11-20-27(19(35)12-32,24(23,3)10-18(34)26(17,22)31)37-21(36-20)13-8-25(29,30)9-13/h4-6,13,16-18,20-21,32,34H,7-12H2,1-3H3/t16-,17-,18-,20+,21+,22-,23-,24-,26-,27+/m0/s1. The second-order valence-corrected chi connectivity index (χ2v) is 12.7. The van der Waals surface area contributed by atoms with Crippen LogP contribution in [0, 0.1) is 28.1 Å². The van der Waals surface area contributed by atoms with E-state index in [2.05, 4.69) is 0 Å². The second kappa shape index (κ2) is 7.31.